The van der Waals surface area contributed by atoms with E-state index in [0.717, 1.165) is 95.0 Å². The Morgan fingerprint density at radius 2 is 1.69 bits per heavy atom. The molecule has 2 saturated carbocycles. The number of amides is 1. The van der Waals surface area contributed by atoms with Crippen LogP contribution in [0.15, 0.2) is 90.1 Å². The molecule has 11 rings (SSSR count). The van der Waals surface area contributed by atoms with Crippen molar-refractivity contribution >= 4 is 44.2 Å². The molecule has 1 amide bonds. The first-order valence-corrected chi connectivity index (χ1v) is 29.6. The summed E-state index contributed by atoms with van der Waals surface area (Å²) in [5.74, 6) is 0.623. The summed E-state index contributed by atoms with van der Waals surface area (Å²) in [7, 11) is -1.59. The van der Waals surface area contributed by atoms with E-state index in [-0.39, 0.29) is 51.1 Å². The Balaban J connectivity index is 0.798. The molecule has 6 aromatic rings. The number of nitrogens with zero attached hydrogens (tertiary/aromatic N) is 6. The molecule has 6 heterocycles. The molecule has 0 radical (unpaired) electrons. The lowest BCUT2D eigenvalue weighted by Crippen LogP contribution is -2.65. The van der Waals surface area contributed by atoms with Crippen LogP contribution in [0.5, 0.6) is 23.1 Å². The van der Waals surface area contributed by atoms with Gasteiger partial charge < -0.3 is 34.5 Å². The van der Waals surface area contributed by atoms with Crippen LogP contribution in [-0.4, -0.2) is 121 Å². The fourth-order valence-corrected chi connectivity index (χ4v) is 13.8. The topological polar surface area (TPSA) is 218 Å². The maximum absolute atomic E-state index is 15.0. The number of aromatic amines is 1. The Kier molecular flexibility index (Phi) is 15.3. The van der Waals surface area contributed by atoms with E-state index < -0.39 is 42.9 Å². The standard InChI is InChI=1S/C60H72FN9O9S/c1-37(2)43-8-6-7-9-45(43)48-34-67(33-39-10-14-44(40-11-12-40)52(26-39)77-4)23-18-50(48)69-35-60(36-69)21-24-68(25-22-60)41-13-15-46(53(27-41)79-54-29-47-49(61)32-64-55(47)65-58(54)78-5)57(71)66-80(75,76)42-28-51(70(73)74)56(63-31-42)62-30-38-16-19-59(3,72)20-17-38/h6-10,13-15,26-29,31-32,37-38,40,48,50,72H,11-12,16-25,30,33-36H2,1-5H3,(H,62,63)(H,64,65)(H,66,71). The van der Waals surface area contributed by atoms with E-state index in [4.69, 9.17) is 14.2 Å². The molecule has 5 aliphatic rings. The third-order valence-electron chi connectivity index (χ3n) is 17.6. The molecule has 20 heteroatoms. The molecule has 2 aliphatic carbocycles. The second kappa shape index (κ2) is 22.2. The number of benzene rings is 3. The molecule has 1 spiro atoms. The maximum Gasteiger partial charge on any atom is 0.312 e. The number of sulfonamides is 1. The van der Waals surface area contributed by atoms with E-state index in [0.29, 0.717) is 56.0 Å². The molecular formula is C60H72FN9O9S. The van der Waals surface area contributed by atoms with Gasteiger partial charge in [0.05, 0.1) is 41.9 Å². The number of nitro groups is 1. The first kappa shape index (κ1) is 55.1. The monoisotopic (exact) mass is 1110 g/mol. The number of rotatable bonds is 18. The van der Waals surface area contributed by atoms with E-state index in [9.17, 15) is 32.8 Å². The van der Waals surface area contributed by atoms with Crippen molar-refractivity contribution in [1.29, 1.82) is 0 Å². The Hall–Kier alpha value is -6.87. The number of H-pyrrole nitrogens is 1. The minimum atomic E-state index is -4.75. The molecule has 4 N–H and O–H groups in total. The number of aliphatic hydroxyl groups is 1. The predicted octanol–water partition coefficient (Wildman–Crippen LogP) is 10.2. The second-order valence-corrected chi connectivity index (χ2v) is 25.3. The molecule has 424 valence electrons. The van der Waals surface area contributed by atoms with Crippen LogP contribution >= 0.6 is 0 Å². The van der Waals surface area contributed by atoms with E-state index in [1.807, 2.05) is 0 Å². The Morgan fingerprint density at radius 1 is 0.925 bits per heavy atom. The van der Waals surface area contributed by atoms with E-state index in [1.54, 1.807) is 26.2 Å². The fourth-order valence-electron chi connectivity index (χ4n) is 12.9. The molecule has 2 atom stereocenters. The SMILES string of the molecule is COc1cc(CN2CCC(N3CC4(CCN(c5ccc(C(=O)NS(=O)(=O)c6cnc(NCC7CCC(C)(O)CC7)c([N+](=O)[O-])c6)c(Oc6cc7c(F)c[nH]c7nc6OC)c5)CC4)C3)C(c3ccccc3C(C)C)C2)ccc1C1CC1. The maximum atomic E-state index is 15.0. The van der Waals surface area contributed by atoms with Gasteiger partial charge in [-0.1, -0.05) is 50.2 Å². The summed E-state index contributed by atoms with van der Waals surface area (Å²) in [4.78, 5) is 44.0. The highest BCUT2D eigenvalue weighted by molar-refractivity contribution is 7.90. The second-order valence-electron chi connectivity index (χ2n) is 23.6. The van der Waals surface area contributed by atoms with Gasteiger partial charge in [0.1, 0.15) is 27.9 Å². The van der Waals surface area contributed by atoms with Crippen LogP contribution in [0.2, 0.25) is 0 Å². The minimum absolute atomic E-state index is 0.0136. The normalized spacial score (nSPS) is 22.5. The Labute approximate surface area is 466 Å². The quantitative estimate of drug-likeness (QED) is 0.0465. The molecule has 80 heavy (non-hydrogen) atoms. The van der Waals surface area contributed by atoms with Crippen LogP contribution in [0.4, 0.5) is 21.6 Å². The Morgan fingerprint density at radius 3 is 2.40 bits per heavy atom. The zero-order valence-electron chi connectivity index (χ0n) is 46.2. The van der Waals surface area contributed by atoms with Crippen molar-refractivity contribution in [2.24, 2.45) is 11.3 Å². The molecule has 3 aliphatic heterocycles. The molecule has 18 nitrogen and oxygen atoms in total. The number of carbonyl (C=O) groups excluding carboxylic acids is 1. The zero-order chi connectivity index (χ0) is 56.1. The van der Waals surface area contributed by atoms with Gasteiger partial charge >= 0.3 is 5.69 Å². The molecule has 5 fully saturated rings. The van der Waals surface area contributed by atoms with Gasteiger partial charge in [0.2, 0.25) is 5.82 Å². The van der Waals surface area contributed by atoms with Gasteiger partial charge in [-0.2, -0.15) is 4.98 Å². The number of anilines is 2. The molecule has 3 aromatic carbocycles. The number of fused-ring (bicyclic) bond motifs is 1. The van der Waals surface area contributed by atoms with Crippen molar-refractivity contribution in [3.63, 3.8) is 0 Å². The van der Waals surface area contributed by atoms with E-state index in [1.165, 1.54) is 54.3 Å². The minimum Gasteiger partial charge on any atom is -0.496 e. The van der Waals surface area contributed by atoms with Crippen LogP contribution in [0.1, 0.15) is 129 Å². The summed E-state index contributed by atoms with van der Waals surface area (Å²) in [5, 5.41) is 25.7. The average Bonchev–Trinajstić information content (AvgIpc) is 4.33. The number of aromatic nitrogens is 3. The number of methoxy groups -OCH3 is 2. The third kappa shape index (κ3) is 11.5. The van der Waals surface area contributed by atoms with Crippen LogP contribution in [-0.2, 0) is 16.6 Å². The van der Waals surface area contributed by atoms with Gasteiger partial charge in [0.25, 0.3) is 21.8 Å². The molecular weight excluding hydrogens is 1040 g/mol. The van der Waals surface area contributed by atoms with Crippen molar-refractivity contribution < 1.29 is 41.8 Å². The van der Waals surface area contributed by atoms with Crippen molar-refractivity contribution in [3.8, 4) is 23.1 Å². The lowest BCUT2D eigenvalue weighted by Gasteiger charge is -2.59. The summed E-state index contributed by atoms with van der Waals surface area (Å²) < 4.78 is 62.7. The van der Waals surface area contributed by atoms with Gasteiger partial charge in [0, 0.05) is 94.4 Å². The highest BCUT2D eigenvalue weighted by atomic mass is 32.2. The van der Waals surface area contributed by atoms with Crippen LogP contribution in [0, 0.1) is 27.3 Å². The highest BCUT2D eigenvalue weighted by Crippen LogP contribution is 2.48. The highest BCUT2D eigenvalue weighted by Gasteiger charge is 2.50. The van der Waals surface area contributed by atoms with Crippen LogP contribution in [0.25, 0.3) is 11.0 Å². The van der Waals surface area contributed by atoms with Gasteiger partial charge in [-0.05, 0) is 128 Å². The summed E-state index contributed by atoms with van der Waals surface area (Å²) in [6, 6.07) is 23.3. The molecule has 3 aromatic heterocycles. The summed E-state index contributed by atoms with van der Waals surface area (Å²) in [6.07, 6.45) is 10.1. The average molecular weight is 1110 g/mol. The van der Waals surface area contributed by atoms with Gasteiger partial charge in [-0.3, -0.25) is 24.7 Å². The fraction of sp³-hybridized carbons (Fsp3) is 0.483. The van der Waals surface area contributed by atoms with Crippen molar-refractivity contribution in [2.75, 3.05) is 70.2 Å². The van der Waals surface area contributed by atoms with Crippen LogP contribution < -0.4 is 29.1 Å². The number of likely N-dealkylation sites (tertiary alicyclic amines) is 2. The predicted molar refractivity (Wildman–Crippen MR) is 303 cm³/mol. The zero-order valence-corrected chi connectivity index (χ0v) is 47.0. The number of carbonyl (C=O) groups is 1. The van der Waals surface area contributed by atoms with Crippen molar-refractivity contribution in [2.45, 2.75) is 119 Å². The summed E-state index contributed by atoms with van der Waals surface area (Å²) >= 11 is 0. The van der Waals surface area contributed by atoms with Crippen LogP contribution in [0.3, 0.4) is 0 Å². The van der Waals surface area contributed by atoms with Crippen molar-refractivity contribution in [3.05, 3.63) is 129 Å². The smallest absolute Gasteiger partial charge is 0.312 e. The lowest BCUT2D eigenvalue weighted by molar-refractivity contribution is -0.384. The van der Waals surface area contributed by atoms with Gasteiger partial charge in [0.15, 0.2) is 5.75 Å². The molecule has 2 unspecified atom stereocenters. The molecule has 0 bridgehead atoms. The van der Waals surface area contributed by atoms with E-state index in [2.05, 4.69) is 96.0 Å². The lowest BCUT2D eigenvalue weighted by atomic mass is 9.69. The first-order chi connectivity index (χ1) is 38.4. The van der Waals surface area contributed by atoms with Gasteiger partial charge in [-0.25, -0.2) is 22.5 Å². The van der Waals surface area contributed by atoms with Crippen molar-refractivity contribution in [1.82, 2.24) is 29.5 Å². The third-order valence-corrected chi connectivity index (χ3v) is 18.9. The van der Waals surface area contributed by atoms with E-state index >= 15 is 0 Å². The number of hydrogen-bond acceptors (Lipinski definition) is 15. The molecule has 3 saturated heterocycles. The number of pyridine rings is 2. The number of hydrogen-bond donors (Lipinski definition) is 4. The van der Waals surface area contributed by atoms with Gasteiger partial charge in [-0.15, -0.1) is 0 Å². The summed E-state index contributed by atoms with van der Waals surface area (Å²) in [5.41, 5.74) is 5.02. The number of ether oxygens (including phenoxy) is 3. The first-order valence-electron chi connectivity index (χ1n) is 28.1. The summed E-state index contributed by atoms with van der Waals surface area (Å²) in [6.45, 7) is 13.0. The Bertz CT molecular complexity index is 3400. The largest absolute Gasteiger partial charge is 0.496 e. The number of nitrogens with one attached hydrogen (secondary N) is 3. The number of halogens is 1. The number of piperidine rings is 2.